The predicted octanol–water partition coefficient (Wildman–Crippen LogP) is -2.66. The summed E-state index contributed by atoms with van der Waals surface area (Å²) in [5.41, 5.74) is 0. The molecule has 1 spiro atoms. The Hall–Kier alpha value is 0.550. The van der Waals surface area contributed by atoms with Gasteiger partial charge in [0.05, 0.1) is 0 Å². The van der Waals surface area contributed by atoms with Crippen molar-refractivity contribution in [2.75, 3.05) is 52.4 Å². The van der Waals surface area contributed by atoms with Gasteiger partial charge < -0.3 is 0 Å². The summed E-state index contributed by atoms with van der Waals surface area (Å²) in [6, 6.07) is 0. The maximum atomic E-state index is 3.89. The van der Waals surface area contributed by atoms with Crippen LogP contribution in [0.25, 0.3) is 0 Å². The third-order valence-corrected chi connectivity index (χ3v) is 24.0. The SMILES string of the molecule is C1CN2CCN[Te]234(N1)NCCN3CCN4. The molecular formula is C8H20N6Te. The van der Waals surface area contributed by atoms with Gasteiger partial charge in [-0.25, -0.2) is 0 Å². The molecule has 0 unspecified atom stereocenters. The summed E-state index contributed by atoms with van der Waals surface area (Å²) in [6.07, 6.45) is 0. The van der Waals surface area contributed by atoms with Gasteiger partial charge in [0, 0.05) is 0 Å². The number of hydrogen-bond donors (Lipinski definition) is 4. The number of nitrogens with one attached hydrogen (secondary N) is 4. The molecule has 4 aliphatic heterocycles. The minimum atomic E-state index is -3.73. The van der Waals surface area contributed by atoms with Crippen molar-refractivity contribution in [2.45, 2.75) is 0 Å². The minimum absolute atomic E-state index is 1.11. The Morgan fingerprint density at radius 2 is 0.933 bits per heavy atom. The van der Waals surface area contributed by atoms with E-state index in [1.807, 2.05) is 0 Å². The van der Waals surface area contributed by atoms with Crippen molar-refractivity contribution in [2.24, 2.45) is 0 Å². The molecule has 4 saturated heterocycles. The zero-order chi connectivity index (χ0) is 10.0. The molecule has 4 fully saturated rings. The monoisotopic (exact) mass is 330 g/mol. The average Bonchev–Trinajstić information content (AvgIpc) is 2.84. The van der Waals surface area contributed by atoms with Crippen LogP contribution >= 0.6 is 0 Å². The van der Waals surface area contributed by atoms with Gasteiger partial charge >= 0.3 is 90.0 Å². The Bertz CT molecular complexity index is 279. The fourth-order valence-corrected chi connectivity index (χ4v) is 23.6. The summed E-state index contributed by atoms with van der Waals surface area (Å²) < 4.78 is 20.9. The predicted molar refractivity (Wildman–Crippen MR) is 60.9 cm³/mol. The Kier molecular flexibility index (Phi) is 1.51. The molecule has 0 radical (unpaired) electrons. The van der Waals surface area contributed by atoms with Gasteiger partial charge in [0.2, 0.25) is 0 Å². The summed E-state index contributed by atoms with van der Waals surface area (Å²) in [6.45, 7) is 9.13. The van der Waals surface area contributed by atoms with Crippen LogP contribution < -0.4 is 14.3 Å². The number of hydrogen-bond acceptors (Lipinski definition) is 6. The molecule has 0 aromatic carbocycles. The van der Waals surface area contributed by atoms with Gasteiger partial charge in [-0.3, -0.25) is 0 Å². The molecule has 0 saturated carbocycles. The van der Waals surface area contributed by atoms with Crippen LogP contribution in [-0.4, -0.2) is 75.7 Å². The molecule has 0 aromatic heterocycles. The van der Waals surface area contributed by atoms with E-state index in [-0.39, 0.29) is 0 Å². The van der Waals surface area contributed by atoms with Gasteiger partial charge in [-0.15, -0.1) is 0 Å². The van der Waals surface area contributed by atoms with Crippen LogP contribution in [0.5, 0.6) is 0 Å². The number of rotatable bonds is 0. The van der Waals surface area contributed by atoms with Crippen LogP contribution in [-0.2, 0) is 0 Å². The molecule has 15 heavy (non-hydrogen) atoms. The summed E-state index contributed by atoms with van der Waals surface area (Å²) in [4.78, 5) is 0. The molecule has 0 bridgehead atoms. The van der Waals surface area contributed by atoms with E-state index in [4.69, 9.17) is 0 Å². The Balaban J connectivity index is 2.01. The van der Waals surface area contributed by atoms with Gasteiger partial charge in [0.25, 0.3) is 0 Å². The van der Waals surface area contributed by atoms with E-state index in [1.165, 1.54) is 26.2 Å². The Morgan fingerprint density at radius 3 is 1.27 bits per heavy atom. The van der Waals surface area contributed by atoms with Gasteiger partial charge in [0.15, 0.2) is 0 Å². The van der Waals surface area contributed by atoms with Crippen LogP contribution in [0.4, 0.5) is 0 Å². The first kappa shape index (κ1) is 9.57. The van der Waals surface area contributed by atoms with Crippen LogP contribution in [0.2, 0.25) is 0 Å². The van der Waals surface area contributed by atoms with E-state index >= 15 is 0 Å². The second kappa shape index (κ2) is 2.37. The standard InChI is InChI=1S/C8H20N6Te/c1-5-13-6-2-10-15(13,9-1)11-3-7-14(15)8-4-12-15/h9-12H,1-8H2. The maximum absolute atomic E-state index is 3.89. The van der Waals surface area contributed by atoms with E-state index in [0.717, 1.165) is 26.2 Å². The normalized spacial score (nSPS) is 45.6. The van der Waals surface area contributed by atoms with E-state index in [0.29, 0.717) is 0 Å². The van der Waals surface area contributed by atoms with Gasteiger partial charge in [-0.2, -0.15) is 0 Å². The Morgan fingerprint density at radius 1 is 0.600 bits per heavy atom. The topological polar surface area (TPSA) is 54.6 Å². The second-order valence-electron chi connectivity index (χ2n) is 4.86. The summed E-state index contributed by atoms with van der Waals surface area (Å²) in [7, 11) is 0. The van der Waals surface area contributed by atoms with Gasteiger partial charge in [0.1, 0.15) is 0 Å². The summed E-state index contributed by atoms with van der Waals surface area (Å²) in [5, 5.41) is 0. The molecule has 0 aliphatic carbocycles. The summed E-state index contributed by atoms with van der Waals surface area (Å²) >= 11 is -3.73. The van der Waals surface area contributed by atoms with Crippen LogP contribution in [0.1, 0.15) is 0 Å². The molecule has 0 aromatic rings. The van der Waals surface area contributed by atoms with E-state index in [9.17, 15) is 0 Å². The van der Waals surface area contributed by atoms with E-state index < -0.39 is 17.1 Å². The zero-order valence-electron chi connectivity index (χ0n) is 8.96. The van der Waals surface area contributed by atoms with Gasteiger partial charge in [-0.1, -0.05) is 0 Å². The van der Waals surface area contributed by atoms with Crippen LogP contribution in [0, 0.1) is 0 Å². The van der Waals surface area contributed by atoms with Crippen molar-refractivity contribution in [3.8, 4) is 0 Å². The van der Waals surface area contributed by atoms with E-state index in [1.54, 1.807) is 0 Å². The summed E-state index contributed by atoms with van der Waals surface area (Å²) in [5.74, 6) is 0. The van der Waals surface area contributed by atoms with Crippen molar-refractivity contribution in [1.29, 1.82) is 0 Å². The van der Waals surface area contributed by atoms with Crippen molar-refractivity contribution in [3.63, 3.8) is 0 Å². The van der Waals surface area contributed by atoms with Crippen molar-refractivity contribution >= 4 is 17.1 Å². The molecule has 4 aliphatic rings. The molecule has 88 valence electrons. The Labute approximate surface area is 90.0 Å². The molecule has 6 nitrogen and oxygen atoms in total. The fraction of sp³-hybridized carbons (Fsp3) is 1.00. The zero-order valence-corrected chi connectivity index (χ0v) is 11.3. The second-order valence-corrected chi connectivity index (χ2v) is 19.2. The third-order valence-electron chi connectivity index (χ3n) is 4.50. The first-order chi connectivity index (χ1) is 7.26. The van der Waals surface area contributed by atoms with Crippen molar-refractivity contribution in [3.05, 3.63) is 0 Å². The third kappa shape index (κ3) is 0.717. The molecule has 4 rings (SSSR count). The molecule has 0 atom stereocenters. The van der Waals surface area contributed by atoms with Gasteiger partial charge in [-0.05, 0) is 0 Å². The molecule has 7 heteroatoms. The molecule has 4 N–H and O–H groups in total. The van der Waals surface area contributed by atoms with Crippen LogP contribution in [0.3, 0.4) is 0 Å². The molecular weight excluding hydrogens is 308 g/mol. The quantitative estimate of drug-likeness (QED) is 0.365. The van der Waals surface area contributed by atoms with Crippen molar-refractivity contribution < 1.29 is 0 Å². The first-order valence-corrected chi connectivity index (χ1v) is 12.6. The fourth-order valence-electron chi connectivity index (χ4n) is 3.98. The van der Waals surface area contributed by atoms with Crippen molar-refractivity contribution in [1.82, 2.24) is 20.6 Å². The van der Waals surface area contributed by atoms with Crippen LogP contribution in [0.15, 0.2) is 0 Å². The molecule has 4 heterocycles. The van der Waals surface area contributed by atoms with E-state index in [2.05, 4.69) is 20.6 Å². The first-order valence-electron chi connectivity index (χ1n) is 5.86. The number of nitrogens with zero attached hydrogens (tertiary/aromatic N) is 2. The molecule has 0 amide bonds. The average molecular weight is 328 g/mol.